The number of hydrogen-bond donors (Lipinski definition) is 1. The summed E-state index contributed by atoms with van der Waals surface area (Å²) >= 11 is 3.38. The lowest BCUT2D eigenvalue weighted by Gasteiger charge is -1.90. The van der Waals surface area contributed by atoms with Gasteiger partial charge in [0.2, 0.25) is 0 Å². The van der Waals surface area contributed by atoms with Gasteiger partial charge in [-0.3, -0.25) is 5.10 Å². The van der Waals surface area contributed by atoms with Gasteiger partial charge in [-0.2, -0.15) is 10.4 Å². The molecule has 1 aromatic heterocycles. The van der Waals surface area contributed by atoms with E-state index < -0.39 is 0 Å². The molecule has 0 amide bonds. The van der Waals surface area contributed by atoms with E-state index in [0.717, 1.165) is 21.1 Å². The second-order valence-electron chi connectivity index (χ2n) is 2.76. The number of hydrogen-bond acceptors (Lipinski definition) is 2. The zero-order valence-electron chi connectivity index (χ0n) is 7.16. The quantitative estimate of drug-likeness (QED) is 0.789. The summed E-state index contributed by atoms with van der Waals surface area (Å²) in [7, 11) is 0. The molecule has 0 unspecified atom stereocenters. The molecule has 2 rings (SSSR count). The first-order valence-electron chi connectivity index (χ1n) is 4.01. The molecule has 0 bridgehead atoms. The highest BCUT2D eigenvalue weighted by molar-refractivity contribution is 9.10. The summed E-state index contributed by atoms with van der Waals surface area (Å²) in [6, 6.07) is 7.79. The number of benzene rings is 1. The Morgan fingerprint density at radius 2 is 2.36 bits per heavy atom. The molecule has 0 fully saturated rings. The highest BCUT2D eigenvalue weighted by atomic mass is 79.9. The van der Waals surface area contributed by atoms with E-state index >= 15 is 0 Å². The molecular weight excluding hydrogens is 242 g/mol. The zero-order chi connectivity index (χ0) is 9.97. The van der Waals surface area contributed by atoms with E-state index in [2.05, 4.69) is 26.1 Å². The van der Waals surface area contributed by atoms with E-state index in [1.54, 1.807) is 6.08 Å². The average molecular weight is 248 g/mol. The van der Waals surface area contributed by atoms with E-state index in [4.69, 9.17) is 5.26 Å². The molecule has 0 aliphatic carbocycles. The molecular formula is C10H6BrN3. The summed E-state index contributed by atoms with van der Waals surface area (Å²) in [5, 5.41) is 16.4. The number of fused-ring (bicyclic) bond motifs is 1. The maximum absolute atomic E-state index is 8.40. The fraction of sp³-hybridized carbons (Fsp3) is 0. The molecule has 14 heavy (non-hydrogen) atoms. The fourth-order valence-corrected chi connectivity index (χ4v) is 1.62. The number of rotatable bonds is 1. The number of nitrogens with one attached hydrogen (secondary N) is 1. The van der Waals surface area contributed by atoms with Crippen LogP contribution in [-0.2, 0) is 0 Å². The Morgan fingerprint density at radius 3 is 3.14 bits per heavy atom. The summed E-state index contributed by atoms with van der Waals surface area (Å²) in [5.74, 6) is 0. The number of nitrogens with zero attached hydrogens (tertiary/aromatic N) is 2. The summed E-state index contributed by atoms with van der Waals surface area (Å²) < 4.78 is 1.00. The zero-order valence-corrected chi connectivity index (χ0v) is 8.75. The van der Waals surface area contributed by atoms with Gasteiger partial charge in [-0.25, -0.2) is 0 Å². The van der Waals surface area contributed by atoms with Crippen LogP contribution < -0.4 is 0 Å². The van der Waals surface area contributed by atoms with Crippen molar-refractivity contribution in [3.63, 3.8) is 0 Å². The maximum Gasteiger partial charge on any atom is 0.0934 e. The third-order valence-electron chi connectivity index (χ3n) is 1.87. The summed E-state index contributed by atoms with van der Waals surface area (Å²) in [4.78, 5) is 0. The van der Waals surface area contributed by atoms with Gasteiger partial charge in [0, 0.05) is 15.9 Å². The summed E-state index contributed by atoms with van der Waals surface area (Å²) in [6.45, 7) is 0. The predicted molar refractivity (Wildman–Crippen MR) is 58.4 cm³/mol. The molecule has 0 radical (unpaired) electrons. The minimum absolute atomic E-state index is 0.786. The maximum atomic E-state index is 8.40. The minimum atomic E-state index is 0.786. The molecule has 0 spiro atoms. The lowest BCUT2D eigenvalue weighted by Crippen LogP contribution is -1.71. The number of aromatic amines is 1. The molecule has 0 aliphatic heterocycles. The number of nitriles is 1. The van der Waals surface area contributed by atoms with Gasteiger partial charge in [-0.05, 0) is 24.3 Å². The Hall–Kier alpha value is -1.60. The molecule has 1 aromatic carbocycles. The van der Waals surface area contributed by atoms with Crippen molar-refractivity contribution in [1.29, 1.82) is 5.26 Å². The molecule has 1 N–H and O–H groups in total. The van der Waals surface area contributed by atoms with Crippen molar-refractivity contribution in [1.82, 2.24) is 10.2 Å². The third-order valence-corrected chi connectivity index (χ3v) is 2.36. The number of halogens is 1. The van der Waals surface area contributed by atoms with Crippen molar-refractivity contribution < 1.29 is 0 Å². The number of allylic oxidation sites excluding steroid dienone is 1. The summed E-state index contributed by atoms with van der Waals surface area (Å²) in [6.07, 6.45) is 3.10. The van der Waals surface area contributed by atoms with Crippen molar-refractivity contribution in [2.24, 2.45) is 0 Å². The fourth-order valence-electron chi connectivity index (χ4n) is 1.26. The number of H-pyrrole nitrogens is 1. The van der Waals surface area contributed by atoms with E-state index in [-0.39, 0.29) is 0 Å². The van der Waals surface area contributed by atoms with Crippen LogP contribution in [0.15, 0.2) is 28.7 Å². The standard InChI is InChI=1S/C10H6BrN3/c11-7-3-4-8-9(2-1-5-12)13-14-10(8)6-7/h1-4,6H,(H,13,14). The van der Waals surface area contributed by atoms with Crippen LogP contribution in [0.1, 0.15) is 5.69 Å². The second kappa shape index (κ2) is 3.64. The molecule has 4 heteroatoms. The first-order chi connectivity index (χ1) is 6.81. The lowest BCUT2D eigenvalue weighted by molar-refractivity contribution is 1.11. The highest BCUT2D eigenvalue weighted by Crippen LogP contribution is 2.21. The van der Waals surface area contributed by atoms with Gasteiger partial charge in [-0.15, -0.1) is 0 Å². The average Bonchev–Trinajstić information content (AvgIpc) is 2.57. The minimum Gasteiger partial charge on any atom is -0.277 e. The Kier molecular flexibility index (Phi) is 2.33. The van der Waals surface area contributed by atoms with Crippen LogP contribution in [0.4, 0.5) is 0 Å². The van der Waals surface area contributed by atoms with Gasteiger partial charge >= 0.3 is 0 Å². The van der Waals surface area contributed by atoms with Gasteiger partial charge in [0.25, 0.3) is 0 Å². The molecule has 68 valence electrons. The van der Waals surface area contributed by atoms with E-state index in [9.17, 15) is 0 Å². The second-order valence-corrected chi connectivity index (χ2v) is 3.68. The lowest BCUT2D eigenvalue weighted by atomic mass is 10.2. The Bertz CT molecular complexity index is 534. The van der Waals surface area contributed by atoms with Crippen LogP contribution in [0.2, 0.25) is 0 Å². The topological polar surface area (TPSA) is 52.5 Å². The Labute approximate surface area is 89.2 Å². The molecule has 0 saturated carbocycles. The molecule has 2 aromatic rings. The van der Waals surface area contributed by atoms with Gasteiger partial charge in [-0.1, -0.05) is 15.9 Å². The van der Waals surface area contributed by atoms with Gasteiger partial charge < -0.3 is 0 Å². The van der Waals surface area contributed by atoms with Crippen LogP contribution in [0, 0.1) is 11.3 Å². The first-order valence-corrected chi connectivity index (χ1v) is 4.80. The highest BCUT2D eigenvalue weighted by Gasteiger charge is 2.01. The van der Waals surface area contributed by atoms with Crippen LogP contribution in [0.5, 0.6) is 0 Å². The van der Waals surface area contributed by atoms with Crippen molar-refractivity contribution in [2.75, 3.05) is 0 Å². The van der Waals surface area contributed by atoms with E-state index in [1.165, 1.54) is 6.08 Å². The van der Waals surface area contributed by atoms with Gasteiger partial charge in [0.15, 0.2) is 0 Å². The van der Waals surface area contributed by atoms with Crippen LogP contribution in [0.25, 0.3) is 17.0 Å². The van der Waals surface area contributed by atoms with Crippen molar-refractivity contribution in [3.8, 4) is 6.07 Å². The van der Waals surface area contributed by atoms with Crippen LogP contribution in [0.3, 0.4) is 0 Å². The SMILES string of the molecule is N#CC=Cc1n[nH]c2cc(Br)ccc12. The van der Waals surface area contributed by atoms with Crippen molar-refractivity contribution in [2.45, 2.75) is 0 Å². The van der Waals surface area contributed by atoms with Gasteiger partial charge in [0.05, 0.1) is 17.3 Å². The normalized spacial score (nSPS) is 10.9. The van der Waals surface area contributed by atoms with Crippen LogP contribution >= 0.6 is 15.9 Å². The summed E-state index contributed by atoms with van der Waals surface area (Å²) in [5.41, 5.74) is 1.74. The first kappa shape index (κ1) is 8.97. The monoisotopic (exact) mass is 247 g/mol. The molecule has 0 saturated heterocycles. The number of aromatic nitrogens is 2. The largest absolute Gasteiger partial charge is 0.277 e. The molecule has 3 nitrogen and oxygen atoms in total. The molecule has 0 aliphatic rings. The third kappa shape index (κ3) is 1.54. The smallest absolute Gasteiger partial charge is 0.0934 e. The Morgan fingerprint density at radius 1 is 1.50 bits per heavy atom. The van der Waals surface area contributed by atoms with E-state index in [0.29, 0.717) is 0 Å². The van der Waals surface area contributed by atoms with Gasteiger partial charge in [0.1, 0.15) is 0 Å². The van der Waals surface area contributed by atoms with Crippen molar-refractivity contribution in [3.05, 3.63) is 34.4 Å². The van der Waals surface area contributed by atoms with E-state index in [1.807, 2.05) is 24.3 Å². The molecule has 1 heterocycles. The molecule has 0 atom stereocenters. The van der Waals surface area contributed by atoms with Crippen LogP contribution in [-0.4, -0.2) is 10.2 Å². The van der Waals surface area contributed by atoms with Crippen molar-refractivity contribution >= 4 is 32.9 Å². The predicted octanol–water partition coefficient (Wildman–Crippen LogP) is 2.86. The Balaban J connectivity index is 2.59.